The summed E-state index contributed by atoms with van der Waals surface area (Å²) in [5.74, 6) is 0.356. The number of nitrogen functional groups attached to an aromatic ring is 1. The highest BCUT2D eigenvalue weighted by Gasteiger charge is 2.30. The van der Waals surface area contributed by atoms with Gasteiger partial charge in [0.25, 0.3) is 5.91 Å². The highest BCUT2D eigenvalue weighted by atomic mass is 16.5. The Bertz CT molecular complexity index is 468. The molecule has 0 aliphatic carbocycles. The zero-order valence-electron chi connectivity index (χ0n) is 11.4. The molecule has 0 aromatic heterocycles. The van der Waals surface area contributed by atoms with Crippen LogP contribution in [0.15, 0.2) is 18.2 Å². The van der Waals surface area contributed by atoms with Crippen molar-refractivity contribution < 1.29 is 14.3 Å². The van der Waals surface area contributed by atoms with E-state index >= 15 is 0 Å². The zero-order chi connectivity index (χ0) is 13.9. The van der Waals surface area contributed by atoms with Crippen LogP contribution in [0.5, 0.6) is 5.75 Å². The van der Waals surface area contributed by atoms with Crippen molar-refractivity contribution in [1.29, 1.82) is 0 Å². The standard InChI is InChI=1S/C14H20N2O3/c1-14(5-7-19-8-6-14)16-13(17)11-4-3-10(15)9-12(11)18-2/h3-4,9H,5-8,15H2,1-2H3,(H,16,17). The maximum atomic E-state index is 12.3. The molecule has 2 rings (SSSR count). The van der Waals surface area contributed by atoms with Gasteiger partial charge in [0.1, 0.15) is 5.75 Å². The summed E-state index contributed by atoms with van der Waals surface area (Å²) in [5, 5.41) is 3.07. The van der Waals surface area contributed by atoms with Crippen molar-refractivity contribution in [2.24, 2.45) is 0 Å². The highest BCUT2D eigenvalue weighted by molar-refractivity contribution is 5.97. The van der Waals surface area contributed by atoms with Gasteiger partial charge in [-0.1, -0.05) is 0 Å². The van der Waals surface area contributed by atoms with E-state index in [2.05, 4.69) is 5.32 Å². The third-order valence-corrected chi connectivity index (χ3v) is 3.48. The smallest absolute Gasteiger partial charge is 0.255 e. The summed E-state index contributed by atoms with van der Waals surface area (Å²) in [6.07, 6.45) is 1.63. The van der Waals surface area contributed by atoms with E-state index < -0.39 is 0 Å². The molecule has 5 heteroatoms. The van der Waals surface area contributed by atoms with Crippen molar-refractivity contribution >= 4 is 11.6 Å². The SMILES string of the molecule is COc1cc(N)ccc1C(=O)NC1(C)CCOCC1. The van der Waals surface area contributed by atoms with Gasteiger partial charge in [-0.25, -0.2) is 0 Å². The second-order valence-corrected chi connectivity index (χ2v) is 5.09. The third-order valence-electron chi connectivity index (χ3n) is 3.48. The molecule has 0 radical (unpaired) electrons. The quantitative estimate of drug-likeness (QED) is 0.813. The fraction of sp³-hybridized carbons (Fsp3) is 0.500. The molecule has 1 aromatic rings. The van der Waals surface area contributed by atoms with Crippen LogP contribution in [0.25, 0.3) is 0 Å². The molecule has 5 nitrogen and oxygen atoms in total. The van der Waals surface area contributed by atoms with Gasteiger partial charge in [-0.2, -0.15) is 0 Å². The Labute approximate surface area is 113 Å². The Balaban J connectivity index is 2.15. The maximum Gasteiger partial charge on any atom is 0.255 e. The number of rotatable bonds is 3. The van der Waals surface area contributed by atoms with Gasteiger partial charge in [0, 0.05) is 30.5 Å². The lowest BCUT2D eigenvalue weighted by Crippen LogP contribution is -2.49. The average molecular weight is 264 g/mol. The Kier molecular flexibility index (Phi) is 3.95. The minimum absolute atomic E-state index is 0.138. The number of hydrogen-bond acceptors (Lipinski definition) is 4. The molecule has 1 heterocycles. The first kappa shape index (κ1) is 13.7. The Morgan fingerprint density at radius 3 is 2.74 bits per heavy atom. The van der Waals surface area contributed by atoms with Crippen molar-refractivity contribution in [3.63, 3.8) is 0 Å². The minimum Gasteiger partial charge on any atom is -0.496 e. The molecule has 0 atom stereocenters. The monoisotopic (exact) mass is 264 g/mol. The lowest BCUT2D eigenvalue weighted by atomic mass is 9.92. The molecule has 19 heavy (non-hydrogen) atoms. The van der Waals surface area contributed by atoms with Crippen LogP contribution >= 0.6 is 0 Å². The van der Waals surface area contributed by atoms with Crippen LogP contribution in [0.3, 0.4) is 0 Å². The largest absolute Gasteiger partial charge is 0.496 e. The van der Waals surface area contributed by atoms with E-state index in [1.54, 1.807) is 18.2 Å². The van der Waals surface area contributed by atoms with Crippen LogP contribution in [0.1, 0.15) is 30.1 Å². The number of benzene rings is 1. The molecule has 104 valence electrons. The number of nitrogens with one attached hydrogen (secondary N) is 1. The summed E-state index contributed by atoms with van der Waals surface area (Å²) in [5.41, 5.74) is 6.54. The first-order valence-corrected chi connectivity index (χ1v) is 6.38. The molecule has 1 amide bonds. The fourth-order valence-electron chi connectivity index (χ4n) is 2.18. The second-order valence-electron chi connectivity index (χ2n) is 5.09. The van der Waals surface area contributed by atoms with Crippen LogP contribution in [0, 0.1) is 0 Å². The summed E-state index contributed by atoms with van der Waals surface area (Å²) in [6, 6.07) is 5.04. The number of amides is 1. The van der Waals surface area contributed by atoms with E-state index in [4.69, 9.17) is 15.2 Å². The molecule has 0 unspecified atom stereocenters. The Hall–Kier alpha value is -1.75. The van der Waals surface area contributed by atoms with Crippen molar-refractivity contribution in [2.75, 3.05) is 26.1 Å². The van der Waals surface area contributed by atoms with Gasteiger partial charge in [0.15, 0.2) is 0 Å². The summed E-state index contributed by atoms with van der Waals surface area (Å²) >= 11 is 0. The Morgan fingerprint density at radius 2 is 2.11 bits per heavy atom. The fourth-order valence-corrected chi connectivity index (χ4v) is 2.18. The lowest BCUT2D eigenvalue weighted by Gasteiger charge is -2.34. The molecule has 1 aromatic carbocycles. The first-order chi connectivity index (χ1) is 9.04. The number of methoxy groups -OCH3 is 1. The molecule has 0 saturated carbocycles. The van der Waals surface area contributed by atoms with E-state index in [1.807, 2.05) is 6.92 Å². The normalized spacial score (nSPS) is 17.8. The second kappa shape index (κ2) is 5.48. The van der Waals surface area contributed by atoms with E-state index in [-0.39, 0.29) is 11.4 Å². The highest BCUT2D eigenvalue weighted by Crippen LogP contribution is 2.24. The molecule has 3 N–H and O–H groups in total. The van der Waals surface area contributed by atoms with Gasteiger partial charge >= 0.3 is 0 Å². The Morgan fingerprint density at radius 1 is 1.42 bits per heavy atom. The van der Waals surface area contributed by atoms with Gasteiger partial charge < -0.3 is 20.5 Å². The van der Waals surface area contributed by atoms with Gasteiger partial charge in [0.05, 0.1) is 12.7 Å². The predicted octanol–water partition coefficient (Wildman–Crippen LogP) is 1.58. The van der Waals surface area contributed by atoms with Gasteiger partial charge in [-0.15, -0.1) is 0 Å². The van der Waals surface area contributed by atoms with Crippen LogP contribution in [0.4, 0.5) is 5.69 Å². The molecule has 0 bridgehead atoms. The van der Waals surface area contributed by atoms with Crippen molar-refractivity contribution in [3.05, 3.63) is 23.8 Å². The van der Waals surface area contributed by atoms with E-state index in [0.29, 0.717) is 30.2 Å². The van der Waals surface area contributed by atoms with Crippen molar-refractivity contribution in [3.8, 4) is 5.75 Å². The summed E-state index contributed by atoms with van der Waals surface area (Å²) in [4.78, 5) is 12.3. The summed E-state index contributed by atoms with van der Waals surface area (Å²) in [6.45, 7) is 3.39. The molecule has 0 spiro atoms. The van der Waals surface area contributed by atoms with Crippen LogP contribution in [-0.2, 0) is 4.74 Å². The molecule has 1 fully saturated rings. The zero-order valence-corrected chi connectivity index (χ0v) is 11.4. The molecule has 1 saturated heterocycles. The molecular formula is C14H20N2O3. The number of carbonyl (C=O) groups is 1. The molecule has 1 aliphatic heterocycles. The topological polar surface area (TPSA) is 73.6 Å². The van der Waals surface area contributed by atoms with E-state index in [9.17, 15) is 4.79 Å². The third kappa shape index (κ3) is 3.17. The van der Waals surface area contributed by atoms with Gasteiger partial charge in [-0.05, 0) is 31.9 Å². The number of anilines is 1. The minimum atomic E-state index is -0.221. The van der Waals surface area contributed by atoms with E-state index in [1.165, 1.54) is 7.11 Å². The number of carbonyl (C=O) groups excluding carboxylic acids is 1. The number of hydrogen-bond donors (Lipinski definition) is 2. The number of nitrogens with two attached hydrogens (primary N) is 1. The maximum absolute atomic E-state index is 12.3. The molecular weight excluding hydrogens is 244 g/mol. The van der Waals surface area contributed by atoms with Gasteiger partial charge in [-0.3, -0.25) is 4.79 Å². The van der Waals surface area contributed by atoms with Crippen molar-refractivity contribution in [2.45, 2.75) is 25.3 Å². The summed E-state index contributed by atoms with van der Waals surface area (Å²) in [7, 11) is 1.53. The molecule has 1 aliphatic rings. The lowest BCUT2D eigenvalue weighted by molar-refractivity contribution is 0.0422. The van der Waals surface area contributed by atoms with Crippen molar-refractivity contribution in [1.82, 2.24) is 5.32 Å². The predicted molar refractivity (Wildman–Crippen MR) is 73.3 cm³/mol. The van der Waals surface area contributed by atoms with Crippen LogP contribution in [-0.4, -0.2) is 31.8 Å². The summed E-state index contributed by atoms with van der Waals surface area (Å²) < 4.78 is 10.5. The van der Waals surface area contributed by atoms with Crippen LogP contribution < -0.4 is 15.8 Å². The number of ether oxygens (including phenoxy) is 2. The first-order valence-electron chi connectivity index (χ1n) is 6.38. The van der Waals surface area contributed by atoms with Gasteiger partial charge in [0.2, 0.25) is 0 Å². The van der Waals surface area contributed by atoms with Crippen LogP contribution in [0.2, 0.25) is 0 Å². The van der Waals surface area contributed by atoms with E-state index in [0.717, 1.165) is 12.8 Å². The average Bonchev–Trinajstić information content (AvgIpc) is 2.38.